The maximum absolute atomic E-state index is 12.7. The molecule has 3 rings (SSSR count). The molecular weight excluding hydrogens is 324 g/mol. The van der Waals surface area contributed by atoms with Gasteiger partial charge >= 0.3 is 5.69 Å². The zero-order valence-corrected chi connectivity index (χ0v) is 14.1. The fourth-order valence-corrected chi connectivity index (χ4v) is 3.00. The van der Waals surface area contributed by atoms with Gasteiger partial charge in [0, 0.05) is 25.7 Å². The molecule has 0 radical (unpaired) electrons. The third kappa shape index (κ3) is 3.63. The quantitative estimate of drug-likeness (QED) is 0.829. The molecule has 2 aromatic rings. The largest absolute Gasteiger partial charge is 0.497 e. The van der Waals surface area contributed by atoms with E-state index in [1.54, 1.807) is 12.0 Å². The molecule has 1 aromatic carbocycles. The second-order valence-corrected chi connectivity index (χ2v) is 6.02. The second-order valence-electron chi connectivity index (χ2n) is 6.02. The number of hydrogen-bond donors (Lipinski definition) is 2. The number of carbonyl (C=O) groups is 1. The van der Waals surface area contributed by atoms with Crippen LogP contribution in [0.1, 0.15) is 22.1 Å². The van der Waals surface area contributed by atoms with Crippen molar-refractivity contribution in [1.82, 2.24) is 19.8 Å². The Labute approximate surface area is 144 Å². The van der Waals surface area contributed by atoms with Crippen LogP contribution in [0.15, 0.2) is 39.9 Å². The zero-order chi connectivity index (χ0) is 18.0. The molecule has 2 N–H and O–H groups in total. The average Bonchev–Trinajstić information content (AvgIpc) is 2.61. The fourth-order valence-electron chi connectivity index (χ4n) is 3.00. The Kier molecular flexibility index (Phi) is 4.71. The number of nitrogens with zero attached hydrogens (tertiary/aromatic N) is 2. The van der Waals surface area contributed by atoms with Crippen LogP contribution in [0.2, 0.25) is 0 Å². The molecule has 0 saturated carbocycles. The van der Waals surface area contributed by atoms with E-state index in [4.69, 9.17) is 4.74 Å². The van der Waals surface area contributed by atoms with Crippen molar-refractivity contribution in [1.29, 1.82) is 0 Å². The summed E-state index contributed by atoms with van der Waals surface area (Å²) in [5.74, 6) is 0.422. The van der Waals surface area contributed by atoms with Crippen LogP contribution < -0.4 is 16.0 Å². The summed E-state index contributed by atoms with van der Waals surface area (Å²) >= 11 is 0. The first-order valence-corrected chi connectivity index (χ1v) is 7.95. The first-order chi connectivity index (χ1) is 12.0. The van der Waals surface area contributed by atoms with Crippen molar-refractivity contribution < 1.29 is 9.53 Å². The number of aromatic amines is 2. The van der Waals surface area contributed by atoms with Gasteiger partial charge in [0.05, 0.1) is 13.2 Å². The van der Waals surface area contributed by atoms with Crippen molar-refractivity contribution in [2.75, 3.05) is 33.8 Å². The summed E-state index contributed by atoms with van der Waals surface area (Å²) in [4.78, 5) is 43.8. The van der Waals surface area contributed by atoms with Crippen LogP contribution in [0.4, 0.5) is 0 Å². The van der Waals surface area contributed by atoms with Gasteiger partial charge in [0.1, 0.15) is 11.4 Å². The van der Waals surface area contributed by atoms with Gasteiger partial charge in [-0.15, -0.1) is 0 Å². The van der Waals surface area contributed by atoms with Gasteiger partial charge in [-0.1, -0.05) is 12.1 Å². The molecule has 25 heavy (non-hydrogen) atoms. The molecule has 0 unspecified atom stereocenters. The maximum Gasteiger partial charge on any atom is 0.326 e. The Hall–Kier alpha value is -2.87. The number of carbonyl (C=O) groups excluding carboxylic acids is 1. The van der Waals surface area contributed by atoms with Crippen LogP contribution in [0.25, 0.3) is 0 Å². The number of piperazine rings is 1. The number of benzene rings is 1. The molecule has 8 heteroatoms. The van der Waals surface area contributed by atoms with Crippen LogP contribution in [0.5, 0.6) is 5.75 Å². The van der Waals surface area contributed by atoms with Gasteiger partial charge in [-0.2, -0.15) is 0 Å². The highest BCUT2D eigenvalue weighted by atomic mass is 16.5. The smallest absolute Gasteiger partial charge is 0.326 e. The second kappa shape index (κ2) is 6.94. The van der Waals surface area contributed by atoms with Gasteiger partial charge in [0.25, 0.3) is 11.5 Å². The van der Waals surface area contributed by atoms with E-state index in [0.29, 0.717) is 19.6 Å². The molecule has 132 valence electrons. The number of likely N-dealkylation sites (N-methyl/N-ethyl adjacent to an activating group) is 1. The van der Waals surface area contributed by atoms with Crippen molar-refractivity contribution in [3.63, 3.8) is 0 Å². The van der Waals surface area contributed by atoms with Crippen LogP contribution in [0, 0.1) is 0 Å². The van der Waals surface area contributed by atoms with E-state index in [1.807, 2.05) is 31.3 Å². The normalized spacial score (nSPS) is 18.2. The van der Waals surface area contributed by atoms with Gasteiger partial charge in [-0.25, -0.2) is 4.79 Å². The number of nitrogens with one attached hydrogen (secondary N) is 2. The van der Waals surface area contributed by atoms with Crippen LogP contribution in [-0.2, 0) is 0 Å². The molecule has 1 aliphatic rings. The standard InChI is InChI=1S/C17H20N4O4/c1-20-7-8-21(16(23)13-9-15(22)19-17(24)18-13)10-14(20)11-3-5-12(25-2)6-4-11/h3-6,9,14H,7-8,10H2,1-2H3,(H2,18,19,22,24)/t14-/m0/s1. The highest BCUT2D eigenvalue weighted by Crippen LogP contribution is 2.26. The third-order valence-electron chi connectivity index (χ3n) is 4.43. The molecule has 2 heterocycles. The number of hydrogen-bond acceptors (Lipinski definition) is 5. The highest BCUT2D eigenvalue weighted by molar-refractivity contribution is 5.92. The minimum Gasteiger partial charge on any atom is -0.497 e. The molecular formula is C17H20N4O4. The highest BCUT2D eigenvalue weighted by Gasteiger charge is 2.29. The number of aromatic nitrogens is 2. The number of methoxy groups -OCH3 is 1. The van der Waals surface area contributed by atoms with Gasteiger partial charge in [0.15, 0.2) is 0 Å². The molecule has 1 aromatic heterocycles. The first-order valence-electron chi connectivity index (χ1n) is 7.95. The molecule has 1 saturated heterocycles. The maximum atomic E-state index is 12.7. The molecule has 8 nitrogen and oxygen atoms in total. The Balaban J connectivity index is 1.82. The van der Waals surface area contributed by atoms with E-state index in [2.05, 4.69) is 14.9 Å². The van der Waals surface area contributed by atoms with Gasteiger partial charge in [-0.05, 0) is 24.7 Å². The Morgan fingerprint density at radius 3 is 2.52 bits per heavy atom. The van der Waals surface area contributed by atoms with Crippen LogP contribution in [-0.4, -0.2) is 59.5 Å². The number of H-pyrrole nitrogens is 2. The van der Waals surface area contributed by atoms with E-state index >= 15 is 0 Å². The third-order valence-corrected chi connectivity index (χ3v) is 4.43. The topological polar surface area (TPSA) is 98.5 Å². The summed E-state index contributed by atoms with van der Waals surface area (Å²) < 4.78 is 5.18. The van der Waals surface area contributed by atoms with E-state index in [9.17, 15) is 14.4 Å². The Bertz CT molecular complexity index is 843. The minimum atomic E-state index is -0.684. The molecule has 1 atom stereocenters. The monoisotopic (exact) mass is 344 g/mol. The predicted molar refractivity (Wildman–Crippen MR) is 92.0 cm³/mol. The lowest BCUT2D eigenvalue weighted by atomic mass is 10.0. The lowest BCUT2D eigenvalue weighted by Crippen LogP contribution is -2.49. The summed E-state index contributed by atoms with van der Waals surface area (Å²) in [6, 6.07) is 8.87. The molecule has 0 bridgehead atoms. The lowest BCUT2D eigenvalue weighted by Gasteiger charge is -2.39. The fraction of sp³-hybridized carbons (Fsp3) is 0.353. The summed E-state index contributed by atoms with van der Waals surface area (Å²) in [6.07, 6.45) is 0. The lowest BCUT2D eigenvalue weighted by molar-refractivity contribution is 0.0540. The zero-order valence-electron chi connectivity index (χ0n) is 14.1. The summed E-state index contributed by atoms with van der Waals surface area (Å²) in [5.41, 5.74) is -0.198. The molecule has 0 spiro atoms. The van der Waals surface area contributed by atoms with Crippen molar-refractivity contribution in [2.24, 2.45) is 0 Å². The van der Waals surface area contributed by atoms with Crippen molar-refractivity contribution in [3.8, 4) is 5.75 Å². The van der Waals surface area contributed by atoms with E-state index in [-0.39, 0.29) is 17.6 Å². The van der Waals surface area contributed by atoms with Crippen molar-refractivity contribution >= 4 is 5.91 Å². The van der Waals surface area contributed by atoms with Gasteiger partial charge in [0.2, 0.25) is 0 Å². The first kappa shape index (κ1) is 17.0. The van der Waals surface area contributed by atoms with E-state index in [1.165, 1.54) is 0 Å². The number of ether oxygens (including phenoxy) is 1. The van der Waals surface area contributed by atoms with Crippen molar-refractivity contribution in [2.45, 2.75) is 6.04 Å². The minimum absolute atomic E-state index is 0.00628. The molecule has 1 aliphatic heterocycles. The van der Waals surface area contributed by atoms with Crippen molar-refractivity contribution in [3.05, 3.63) is 62.4 Å². The summed E-state index contributed by atoms with van der Waals surface area (Å²) in [5, 5.41) is 0. The van der Waals surface area contributed by atoms with Crippen LogP contribution >= 0.6 is 0 Å². The molecule has 1 fully saturated rings. The summed E-state index contributed by atoms with van der Waals surface area (Å²) in [6.45, 7) is 1.68. The molecule has 0 aliphatic carbocycles. The van der Waals surface area contributed by atoms with E-state index in [0.717, 1.165) is 17.4 Å². The van der Waals surface area contributed by atoms with Gasteiger partial charge in [-0.3, -0.25) is 19.5 Å². The van der Waals surface area contributed by atoms with Crippen LogP contribution in [0.3, 0.4) is 0 Å². The van der Waals surface area contributed by atoms with Gasteiger partial charge < -0.3 is 14.6 Å². The Morgan fingerprint density at radius 1 is 1.16 bits per heavy atom. The average molecular weight is 344 g/mol. The summed E-state index contributed by atoms with van der Waals surface area (Å²) in [7, 11) is 3.62. The van der Waals surface area contributed by atoms with E-state index < -0.39 is 11.2 Å². The molecule has 1 amide bonds. The SMILES string of the molecule is COc1ccc([C@@H]2CN(C(=O)c3cc(=O)[nH]c(=O)[nH]3)CCN2C)cc1. The Morgan fingerprint density at radius 2 is 1.88 bits per heavy atom. The number of rotatable bonds is 3. The predicted octanol–water partition coefficient (Wildman–Crippen LogP) is 0.201. The number of amides is 1.